The summed E-state index contributed by atoms with van der Waals surface area (Å²) in [7, 11) is 1.68. The van der Waals surface area contributed by atoms with Crippen molar-refractivity contribution in [2.75, 3.05) is 44.9 Å². The second-order valence-electron chi connectivity index (χ2n) is 18.7. The number of ether oxygens (including phenoxy) is 2. The maximum atomic E-state index is 15.4. The number of methoxy groups -OCH3 is 1. The molecule has 66 heavy (non-hydrogen) atoms. The number of aryl methyl sites for hydroxylation is 2. The molecule has 16 nitrogen and oxygen atoms in total. The van der Waals surface area contributed by atoms with E-state index in [4.69, 9.17) is 19.1 Å². The molecule has 1 saturated heterocycles. The lowest BCUT2D eigenvalue weighted by atomic mass is 10.1. The Bertz CT molecular complexity index is 3340. The van der Waals surface area contributed by atoms with E-state index in [9.17, 15) is 9.59 Å². The van der Waals surface area contributed by atoms with Crippen molar-refractivity contribution in [2.45, 2.75) is 71.7 Å². The number of benzene rings is 3. The average molecular weight is 895 g/mol. The number of H-pyrrole nitrogens is 1. The fraction of sp³-hybridized carbons (Fsp3) is 0.367. The zero-order valence-electron chi connectivity index (χ0n) is 37.8. The van der Waals surface area contributed by atoms with E-state index in [0.29, 0.717) is 91.1 Å². The first-order valence-corrected chi connectivity index (χ1v) is 22.4. The number of aromatic nitrogens is 8. The molecule has 1 saturated carbocycles. The van der Waals surface area contributed by atoms with E-state index in [1.54, 1.807) is 64.2 Å². The van der Waals surface area contributed by atoms with E-state index in [-0.39, 0.29) is 35.5 Å². The topological polar surface area (TPSA) is 156 Å². The quantitative estimate of drug-likeness (QED) is 0.164. The summed E-state index contributed by atoms with van der Waals surface area (Å²) in [4.78, 5) is 49.4. The SMILES string of the molecule is COCCn1ccc2cc(-n3ccn(-c4c5c(nn4-c4cc(C)c(F)c(C)c4)CCN(C(=O)c4cc6cc(N7CCOC(C)(C)C7)ccc6n4[C@@]4(c6noc(=O)[nH]6)C[C@@H]4C)C5)c3=O)ccc21. The van der Waals surface area contributed by atoms with Gasteiger partial charge in [-0.1, -0.05) is 12.1 Å². The van der Waals surface area contributed by atoms with Gasteiger partial charge < -0.3 is 28.4 Å². The first-order valence-electron chi connectivity index (χ1n) is 22.4. The number of fused-ring (bicyclic) bond motifs is 3. The van der Waals surface area contributed by atoms with E-state index < -0.39 is 11.3 Å². The molecule has 2 atom stereocenters. The van der Waals surface area contributed by atoms with Gasteiger partial charge in [-0.3, -0.25) is 23.4 Å². The van der Waals surface area contributed by atoms with Crippen molar-refractivity contribution in [1.29, 1.82) is 0 Å². The molecule has 17 heteroatoms. The molecule has 7 heterocycles. The van der Waals surface area contributed by atoms with Crippen LogP contribution in [0.5, 0.6) is 0 Å². The molecular formula is C49H51FN10O6. The summed E-state index contributed by atoms with van der Waals surface area (Å²) < 4.78 is 40.5. The summed E-state index contributed by atoms with van der Waals surface area (Å²) in [6.45, 7) is 13.5. The number of nitrogens with zero attached hydrogens (tertiary/aromatic N) is 9. The molecule has 3 aromatic carbocycles. The number of hydrogen-bond acceptors (Lipinski definition) is 9. The van der Waals surface area contributed by atoms with E-state index in [1.165, 1.54) is 0 Å². The van der Waals surface area contributed by atoms with Crippen molar-refractivity contribution in [1.82, 2.24) is 43.1 Å². The van der Waals surface area contributed by atoms with Gasteiger partial charge in [0.1, 0.15) is 22.9 Å². The minimum absolute atomic E-state index is 0.0211. The number of anilines is 1. The third kappa shape index (κ3) is 6.65. The van der Waals surface area contributed by atoms with Gasteiger partial charge in [0, 0.05) is 91.4 Å². The smallest absolute Gasteiger partial charge is 0.383 e. The molecule has 8 aromatic rings. The molecule has 0 spiro atoms. The number of rotatable bonds is 10. The van der Waals surface area contributed by atoms with Gasteiger partial charge in [-0.05, 0) is 112 Å². The zero-order chi connectivity index (χ0) is 45.8. The molecule has 1 amide bonds. The minimum Gasteiger partial charge on any atom is -0.383 e. The number of carbonyl (C=O) groups excluding carboxylic acids is 1. The highest BCUT2D eigenvalue weighted by Crippen LogP contribution is 2.56. The fourth-order valence-corrected chi connectivity index (χ4v) is 10.4. The van der Waals surface area contributed by atoms with Gasteiger partial charge in [-0.25, -0.2) is 18.7 Å². The molecule has 0 radical (unpaired) electrons. The summed E-state index contributed by atoms with van der Waals surface area (Å²) in [5, 5.41) is 11.1. The van der Waals surface area contributed by atoms with E-state index in [2.05, 4.69) is 52.5 Å². The van der Waals surface area contributed by atoms with Crippen molar-refractivity contribution in [2.24, 2.45) is 5.92 Å². The van der Waals surface area contributed by atoms with Gasteiger partial charge in [0.25, 0.3) is 5.91 Å². The molecule has 0 bridgehead atoms. The van der Waals surface area contributed by atoms with Crippen molar-refractivity contribution >= 4 is 33.4 Å². The summed E-state index contributed by atoms with van der Waals surface area (Å²) >= 11 is 0. The largest absolute Gasteiger partial charge is 0.438 e. The number of aromatic amines is 1. The van der Waals surface area contributed by atoms with Gasteiger partial charge in [0.15, 0.2) is 5.82 Å². The average Bonchev–Trinajstić information content (AvgIpc) is 3.94. The standard InChI is InChI=1S/C49H51FN10O6/c1-29-21-36(22-30(2)42(29)50)60-43(58-16-15-57(47(58)63)35-8-9-39-32(23-35)11-13-54(39)17-19-64-6)37-27-55(14-12-38(37)52-60)44(61)41-25-33-24-34(56-18-20-65-48(4,5)28-56)7-10-40(33)59(41)49(26-31(49)3)45-51-46(62)66-53-45/h7-11,13,15-16,21-25,31H,12,14,17-20,26-28H2,1-6H3,(H,51,53,62)/t31-,49-/m0/s1. The number of hydrogen-bond donors (Lipinski definition) is 1. The molecule has 1 N–H and O–H groups in total. The van der Waals surface area contributed by atoms with Crippen LogP contribution < -0.4 is 16.3 Å². The molecule has 5 aromatic heterocycles. The number of halogens is 1. The van der Waals surface area contributed by atoms with Crippen molar-refractivity contribution in [3.8, 4) is 17.2 Å². The van der Waals surface area contributed by atoms with Crippen LogP contribution >= 0.6 is 0 Å². The van der Waals surface area contributed by atoms with Crippen LogP contribution in [0.1, 0.15) is 65.9 Å². The normalized spacial score (nSPS) is 19.3. The summed E-state index contributed by atoms with van der Waals surface area (Å²) in [5.74, 6) is -0.337. The van der Waals surface area contributed by atoms with Gasteiger partial charge in [0.2, 0.25) is 0 Å². The first-order chi connectivity index (χ1) is 31.7. The lowest BCUT2D eigenvalue weighted by Crippen LogP contribution is -2.48. The molecule has 2 fully saturated rings. The molecular weight excluding hydrogens is 844 g/mol. The highest BCUT2D eigenvalue weighted by molar-refractivity contribution is 6.00. The van der Waals surface area contributed by atoms with Crippen LogP contribution in [0, 0.1) is 25.6 Å². The number of amides is 1. The summed E-state index contributed by atoms with van der Waals surface area (Å²) in [5.41, 5.74) is 5.44. The maximum Gasteiger partial charge on any atom is 0.438 e. The van der Waals surface area contributed by atoms with Crippen LogP contribution in [-0.2, 0) is 34.5 Å². The monoisotopic (exact) mass is 894 g/mol. The Hall–Kier alpha value is -6.98. The van der Waals surface area contributed by atoms with Gasteiger partial charge in [0.05, 0.1) is 42.4 Å². The third-order valence-corrected chi connectivity index (χ3v) is 13.9. The zero-order valence-corrected chi connectivity index (χ0v) is 37.8. The Morgan fingerprint density at radius 3 is 2.39 bits per heavy atom. The lowest BCUT2D eigenvalue weighted by Gasteiger charge is -2.39. The van der Waals surface area contributed by atoms with Gasteiger partial charge in [-0.2, -0.15) is 5.10 Å². The van der Waals surface area contributed by atoms with Crippen molar-refractivity contribution < 1.29 is 23.2 Å². The highest BCUT2D eigenvalue weighted by Gasteiger charge is 2.59. The van der Waals surface area contributed by atoms with Crippen LogP contribution in [-0.4, -0.2) is 94.6 Å². The van der Waals surface area contributed by atoms with Crippen LogP contribution in [0.4, 0.5) is 10.1 Å². The first kappa shape index (κ1) is 41.7. The molecule has 340 valence electrons. The number of morpholine rings is 1. The third-order valence-electron chi connectivity index (χ3n) is 13.9. The second kappa shape index (κ2) is 15.3. The fourth-order valence-electron chi connectivity index (χ4n) is 10.4. The van der Waals surface area contributed by atoms with E-state index in [1.807, 2.05) is 47.2 Å². The molecule has 11 rings (SSSR count). The molecule has 2 aliphatic heterocycles. The number of nitrogens with one attached hydrogen (secondary N) is 1. The lowest BCUT2D eigenvalue weighted by molar-refractivity contribution is -0.0276. The van der Waals surface area contributed by atoms with Crippen LogP contribution in [0.3, 0.4) is 0 Å². The second-order valence-corrected chi connectivity index (χ2v) is 18.7. The van der Waals surface area contributed by atoms with Crippen LogP contribution in [0.25, 0.3) is 39.0 Å². The maximum absolute atomic E-state index is 15.4. The van der Waals surface area contributed by atoms with Crippen molar-refractivity contribution in [3.63, 3.8) is 0 Å². The Balaban J connectivity index is 1.02. The Morgan fingerprint density at radius 2 is 1.67 bits per heavy atom. The van der Waals surface area contributed by atoms with E-state index in [0.717, 1.165) is 39.7 Å². The van der Waals surface area contributed by atoms with Crippen LogP contribution in [0.2, 0.25) is 0 Å². The van der Waals surface area contributed by atoms with Gasteiger partial charge in [-0.15, -0.1) is 0 Å². The molecule has 0 unspecified atom stereocenters. The predicted molar refractivity (Wildman–Crippen MR) is 246 cm³/mol. The molecule has 1 aliphatic carbocycles. The summed E-state index contributed by atoms with van der Waals surface area (Å²) in [6, 6.07) is 19.6. The minimum atomic E-state index is -0.831. The Kier molecular flexibility index (Phi) is 9.67. The molecule has 3 aliphatic rings. The highest BCUT2D eigenvalue weighted by atomic mass is 19.1. The Labute approximate surface area is 378 Å². The predicted octanol–water partition coefficient (Wildman–Crippen LogP) is 6.40. The Morgan fingerprint density at radius 1 is 0.924 bits per heavy atom. The number of carbonyl (C=O) groups is 1. The van der Waals surface area contributed by atoms with Crippen molar-refractivity contribution in [3.05, 3.63) is 140 Å². The number of imidazole rings is 1. The van der Waals surface area contributed by atoms with Gasteiger partial charge >= 0.3 is 11.4 Å². The van der Waals surface area contributed by atoms with Crippen LogP contribution in [0.15, 0.2) is 93.4 Å². The van der Waals surface area contributed by atoms with E-state index >= 15 is 9.18 Å². The summed E-state index contributed by atoms with van der Waals surface area (Å²) in [6.07, 6.45) is 6.49.